The van der Waals surface area contributed by atoms with Crippen molar-refractivity contribution < 1.29 is 17.9 Å². The monoisotopic (exact) mass is 358 g/mol. The lowest BCUT2D eigenvalue weighted by Gasteiger charge is -2.12. The molecular weight excluding hydrogens is 345 g/mol. The lowest BCUT2D eigenvalue weighted by molar-refractivity contribution is -0.137. The Morgan fingerprint density at radius 1 is 1.12 bits per heavy atom. The summed E-state index contributed by atoms with van der Waals surface area (Å²) in [6, 6.07) is 11.9. The molecule has 0 saturated carbocycles. The molecule has 0 atom stereocenters. The van der Waals surface area contributed by atoms with Crippen molar-refractivity contribution in [3.05, 3.63) is 53.7 Å². The van der Waals surface area contributed by atoms with Crippen LogP contribution in [0.25, 0.3) is 22.4 Å². The molecule has 26 heavy (non-hydrogen) atoms. The second kappa shape index (κ2) is 6.88. The molecule has 1 aromatic heterocycles. The maximum absolute atomic E-state index is 13.0. The molecule has 0 fully saturated rings. The number of alkyl halides is 3. The molecule has 0 bridgehead atoms. The van der Waals surface area contributed by atoms with Crippen molar-refractivity contribution in [3.8, 4) is 34.2 Å². The summed E-state index contributed by atoms with van der Waals surface area (Å²) in [5.74, 6) is 0.462. The van der Waals surface area contributed by atoms with Crippen LogP contribution in [0.5, 0.6) is 5.75 Å². The normalized spacial score (nSPS) is 11.2. The van der Waals surface area contributed by atoms with Gasteiger partial charge < -0.3 is 4.74 Å². The number of benzene rings is 2. The fourth-order valence-corrected chi connectivity index (χ4v) is 2.54. The molecule has 0 radical (unpaired) electrons. The van der Waals surface area contributed by atoms with E-state index in [1.807, 2.05) is 6.07 Å². The number of aromatic nitrogens is 3. The molecule has 0 aliphatic rings. The first-order valence-electron chi connectivity index (χ1n) is 7.69. The van der Waals surface area contributed by atoms with Crippen molar-refractivity contribution in [3.63, 3.8) is 0 Å². The van der Waals surface area contributed by atoms with Crippen LogP contribution < -0.4 is 4.74 Å². The Balaban J connectivity index is 2.15. The summed E-state index contributed by atoms with van der Waals surface area (Å²) in [6.45, 7) is 2.18. The van der Waals surface area contributed by atoms with Gasteiger partial charge in [-0.25, -0.2) is 5.10 Å². The van der Waals surface area contributed by atoms with E-state index in [4.69, 9.17) is 10.00 Å². The molecule has 0 saturated heterocycles. The minimum absolute atomic E-state index is 0.161. The van der Waals surface area contributed by atoms with Crippen molar-refractivity contribution in [1.82, 2.24) is 15.4 Å². The van der Waals surface area contributed by atoms with Crippen molar-refractivity contribution in [2.75, 3.05) is 6.61 Å². The van der Waals surface area contributed by atoms with Crippen LogP contribution in [0.15, 0.2) is 42.5 Å². The first kappa shape index (κ1) is 17.5. The Kier molecular flexibility index (Phi) is 4.63. The summed E-state index contributed by atoms with van der Waals surface area (Å²) < 4.78 is 44.5. The predicted molar refractivity (Wildman–Crippen MR) is 88.1 cm³/mol. The molecule has 0 amide bonds. The lowest BCUT2D eigenvalue weighted by atomic mass is 9.99. The van der Waals surface area contributed by atoms with E-state index >= 15 is 0 Å². The molecule has 0 unspecified atom stereocenters. The largest absolute Gasteiger partial charge is 0.494 e. The molecular formula is C18H13F3N4O. The summed E-state index contributed by atoms with van der Waals surface area (Å²) in [5.41, 5.74) is 1.15. The van der Waals surface area contributed by atoms with Gasteiger partial charge in [-0.05, 0) is 48.4 Å². The number of hydrogen-bond acceptors (Lipinski definition) is 4. The van der Waals surface area contributed by atoms with Crippen LogP contribution in [0, 0.1) is 11.3 Å². The Hall–Kier alpha value is -3.34. The third kappa shape index (κ3) is 3.52. The molecule has 132 valence electrons. The number of aromatic amines is 1. The molecule has 0 aliphatic heterocycles. The van der Waals surface area contributed by atoms with Gasteiger partial charge in [0.05, 0.1) is 12.2 Å². The first-order valence-corrected chi connectivity index (χ1v) is 7.69. The van der Waals surface area contributed by atoms with E-state index in [9.17, 15) is 13.2 Å². The number of rotatable bonds is 4. The van der Waals surface area contributed by atoms with Crippen molar-refractivity contribution in [2.45, 2.75) is 13.1 Å². The second-order valence-electron chi connectivity index (χ2n) is 5.40. The molecule has 8 heteroatoms. The van der Waals surface area contributed by atoms with Gasteiger partial charge in [-0.3, -0.25) is 0 Å². The van der Waals surface area contributed by atoms with Crippen LogP contribution >= 0.6 is 0 Å². The summed E-state index contributed by atoms with van der Waals surface area (Å²) >= 11 is 0. The van der Waals surface area contributed by atoms with Crippen molar-refractivity contribution in [1.29, 1.82) is 5.26 Å². The number of hydrogen-bond donors (Lipinski definition) is 1. The van der Waals surface area contributed by atoms with Gasteiger partial charge in [0, 0.05) is 5.56 Å². The van der Waals surface area contributed by atoms with Crippen LogP contribution in [-0.2, 0) is 6.18 Å². The molecule has 2 aromatic carbocycles. The van der Waals surface area contributed by atoms with E-state index in [1.54, 1.807) is 31.2 Å². The second-order valence-corrected chi connectivity index (χ2v) is 5.40. The van der Waals surface area contributed by atoms with Crippen LogP contribution in [0.4, 0.5) is 13.2 Å². The highest BCUT2D eigenvalue weighted by atomic mass is 19.4. The summed E-state index contributed by atoms with van der Waals surface area (Å²) in [7, 11) is 0. The molecule has 5 nitrogen and oxygen atoms in total. The number of ether oxygens (including phenoxy) is 1. The summed E-state index contributed by atoms with van der Waals surface area (Å²) in [6.07, 6.45) is -4.43. The van der Waals surface area contributed by atoms with Gasteiger partial charge >= 0.3 is 6.18 Å². The summed E-state index contributed by atoms with van der Waals surface area (Å²) in [5, 5.41) is 19.1. The zero-order chi connectivity index (χ0) is 18.7. The smallest absolute Gasteiger partial charge is 0.416 e. The Labute approximate surface area is 147 Å². The minimum Gasteiger partial charge on any atom is -0.494 e. The third-order valence-electron chi connectivity index (χ3n) is 3.67. The molecule has 1 heterocycles. The highest BCUT2D eigenvalue weighted by molar-refractivity contribution is 5.75. The number of nitrogens with one attached hydrogen (secondary N) is 1. The lowest BCUT2D eigenvalue weighted by Crippen LogP contribution is -2.04. The van der Waals surface area contributed by atoms with E-state index in [0.29, 0.717) is 34.7 Å². The van der Waals surface area contributed by atoms with Crippen LogP contribution in [-0.4, -0.2) is 22.0 Å². The number of nitrogens with zero attached hydrogens (tertiary/aromatic N) is 3. The van der Waals surface area contributed by atoms with Crippen molar-refractivity contribution in [2.24, 2.45) is 0 Å². The molecule has 0 spiro atoms. The average Bonchev–Trinajstić information content (AvgIpc) is 3.10. The van der Waals surface area contributed by atoms with Gasteiger partial charge in [-0.2, -0.15) is 18.4 Å². The molecule has 0 aliphatic carbocycles. The van der Waals surface area contributed by atoms with Gasteiger partial charge in [-0.1, -0.05) is 17.3 Å². The summed E-state index contributed by atoms with van der Waals surface area (Å²) in [4.78, 5) is 0. The van der Waals surface area contributed by atoms with Gasteiger partial charge in [0.2, 0.25) is 0 Å². The van der Waals surface area contributed by atoms with E-state index in [-0.39, 0.29) is 5.69 Å². The van der Waals surface area contributed by atoms with Crippen molar-refractivity contribution >= 4 is 0 Å². The first-order chi connectivity index (χ1) is 12.4. The SMILES string of the molecule is CCOc1cc(-c2cccc(C(F)(F)F)c2)cc(-c2nn[nH]c2C#N)c1. The zero-order valence-electron chi connectivity index (χ0n) is 13.6. The molecule has 1 N–H and O–H groups in total. The van der Waals surface area contributed by atoms with E-state index in [2.05, 4.69) is 15.4 Å². The number of halogens is 3. The molecule has 3 aromatic rings. The van der Waals surface area contributed by atoms with Crippen LogP contribution in [0.3, 0.4) is 0 Å². The fourth-order valence-electron chi connectivity index (χ4n) is 2.54. The average molecular weight is 358 g/mol. The van der Waals surface area contributed by atoms with Gasteiger partial charge in [-0.15, -0.1) is 5.10 Å². The van der Waals surface area contributed by atoms with E-state index in [0.717, 1.165) is 12.1 Å². The highest BCUT2D eigenvalue weighted by Crippen LogP contribution is 2.35. The Bertz CT molecular complexity index is 973. The van der Waals surface area contributed by atoms with Crippen LogP contribution in [0.2, 0.25) is 0 Å². The predicted octanol–water partition coefficient (Wildman–Crippen LogP) is 4.43. The Morgan fingerprint density at radius 3 is 2.58 bits per heavy atom. The van der Waals surface area contributed by atoms with E-state index < -0.39 is 11.7 Å². The standard InChI is InChI=1S/C18H13F3N4O/c1-2-26-15-8-12(11-4-3-5-14(7-11)18(19,20)21)6-13(9-15)17-16(10-22)23-25-24-17/h3-9H,2H2,1H3,(H,23,24,25). The third-order valence-corrected chi connectivity index (χ3v) is 3.67. The van der Waals surface area contributed by atoms with Gasteiger partial charge in [0.25, 0.3) is 0 Å². The van der Waals surface area contributed by atoms with Gasteiger partial charge in [0.15, 0.2) is 5.69 Å². The van der Waals surface area contributed by atoms with E-state index in [1.165, 1.54) is 6.07 Å². The maximum atomic E-state index is 13.0. The maximum Gasteiger partial charge on any atom is 0.416 e. The topological polar surface area (TPSA) is 74.6 Å². The fraction of sp³-hybridized carbons (Fsp3) is 0.167. The molecule has 3 rings (SSSR count). The number of nitriles is 1. The quantitative estimate of drug-likeness (QED) is 0.749. The van der Waals surface area contributed by atoms with Crippen LogP contribution in [0.1, 0.15) is 18.2 Å². The minimum atomic E-state index is -4.43. The Morgan fingerprint density at radius 2 is 1.88 bits per heavy atom. The van der Waals surface area contributed by atoms with Gasteiger partial charge in [0.1, 0.15) is 17.5 Å². The highest BCUT2D eigenvalue weighted by Gasteiger charge is 2.30. The number of H-pyrrole nitrogens is 1. The zero-order valence-corrected chi connectivity index (χ0v) is 13.6.